The van der Waals surface area contributed by atoms with E-state index in [9.17, 15) is 29.1 Å². The number of nitrogens with one attached hydrogen (secondary N) is 5. The van der Waals surface area contributed by atoms with E-state index in [0.717, 1.165) is 45.1 Å². The Bertz CT molecular complexity index is 1360. The Morgan fingerprint density at radius 2 is 1.22 bits per heavy atom. The Morgan fingerprint density at radius 1 is 0.661 bits per heavy atom. The summed E-state index contributed by atoms with van der Waals surface area (Å²) in [6.07, 6.45) is 13.4. The number of hydrogen-bond acceptors (Lipinski definition) is 11. The molecule has 0 radical (unpaired) electrons. The second-order valence-electron chi connectivity index (χ2n) is 18.2. The van der Waals surface area contributed by atoms with Crippen LogP contribution in [0.15, 0.2) is 0 Å². The van der Waals surface area contributed by atoms with Crippen molar-refractivity contribution in [2.75, 3.05) is 19.6 Å². The van der Waals surface area contributed by atoms with E-state index in [4.69, 9.17) is 26.5 Å². The Hall–Kier alpha value is -2.83. The number of unbranched alkanes of at least 4 members (excludes halogenated alkanes) is 10. The highest BCUT2D eigenvalue weighted by Crippen LogP contribution is 2.65. The molecule has 16 nitrogen and oxygen atoms in total. The maximum absolute atomic E-state index is 13.6. The van der Waals surface area contributed by atoms with Gasteiger partial charge in [-0.05, 0) is 116 Å². The number of hydrogen-bond donors (Lipinski definition) is 9. The van der Waals surface area contributed by atoms with E-state index in [1.165, 1.54) is 46.0 Å². The molecule has 3 saturated carbocycles. The molecule has 10 atom stereocenters. The smallest absolute Gasteiger partial charge is 0.404 e. The first-order valence-electron chi connectivity index (χ1n) is 22.6. The topological polar surface area (TPSA) is 262 Å². The van der Waals surface area contributed by atoms with Crippen LogP contribution in [0.3, 0.4) is 0 Å². The van der Waals surface area contributed by atoms with E-state index in [2.05, 4.69) is 47.4 Å². The summed E-state index contributed by atoms with van der Waals surface area (Å²) in [5, 5.41) is 24.1. The Labute approximate surface area is 353 Å². The number of amides is 5. The zero-order valence-electron chi connectivity index (χ0n) is 37.0. The van der Waals surface area contributed by atoms with Crippen LogP contribution in [0.1, 0.15) is 151 Å². The standard InChI is InChI=1S/C42H79BN8O8/c1-27(37(54)50-31(19-16-18-23-45)38(55)48-29(3)43-58-34-26-30-25-33(41(30,4)5)42(34,6)59-43)47-40(57)36(28(2)52)51-39(56)32(21-24-46)49-35(53)20-15-13-11-9-7-8-10-12-14-17-22-44/h27-34,36,52H,7-26,44-46H2,1-6H3,(H,47,57)(H,48,55)(H,49,53)(H,50,54)(H,51,56)/t27-,28+,29-,30-,31-,32-,33-,34+,36-,42-/m0/s1. The fourth-order valence-corrected chi connectivity index (χ4v) is 9.14. The summed E-state index contributed by atoms with van der Waals surface area (Å²) >= 11 is 0. The van der Waals surface area contributed by atoms with Gasteiger partial charge >= 0.3 is 7.12 Å². The summed E-state index contributed by atoms with van der Waals surface area (Å²) in [5.41, 5.74) is 16.8. The lowest BCUT2D eigenvalue weighted by Gasteiger charge is -2.64. The number of carbonyl (C=O) groups is 5. The number of aliphatic hydroxyl groups excluding tert-OH is 1. The summed E-state index contributed by atoms with van der Waals surface area (Å²) in [7, 11) is -0.639. The first kappa shape index (κ1) is 50.5. The average molecular weight is 835 g/mol. The minimum atomic E-state index is -1.44. The summed E-state index contributed by atoms with van der Waals surface area (Å²) in [4.78, 5) is 66.5. The molecule has 3 aliphatic carbocycles. The van der Waals surface area contributed by atoms with Crippen molar-refractivity contribution in [2.24, 2.45) is 34.5 Å². The molecule has 0 unspecified atom stereocenters. The second-order valence-corrected chi connectivity index (χ2v) is 18.2. The van der Waals surface area contributed by atoms with Crippen LogP contribution in [0.5, 0.6) is 0 Å². The third-order valence-electron chi connectivity index (χ3n) is 13.1. The normalized spacial score (nSPS) is 24.6. The van der Waals surface area contributed by atoms with Gasteiger partial charge in [-0.15, -0.1) is 0 Å². The molecule has 1 heterocycles. The molecule has 12 N–H and O–H groups in total. The third-order valence-corrected chi connectivity index (χ3v) is 13.1. The predicted molar refractivity (Wildman–Crippen MR) is 229 cm³/mol. The number of aliphatic hydroxyl groups is 1. The fraction of sp³-hybridized carbons (Fsp3) is 0.881. The van der Waals surface area contributed by atoms with Gasteiger partial charge in [0, 0.05) is 6.42 Å². The number of rotatable bonds is 29. The number of nitrogens with two attached hydrogens (primary N) is 3. The Morgan fingerprint density at radius 3 is 1.80 bits per heavy atom. The lowest BCUT2D eigenvalue weighted by Crippen LogP contribution is -2.65. The molecular weight excluding hydrogens is 755 g/mol. The van der Waals surface area contributed by atoms with Gasteiger partial charge < -0.3 is 58.2 Å². The molecule has 338 valence electrons. The lowest BCUT2D eigenvalue weighted by atomic mass is 9.43. The fourth-order valence-electron chi connectivity index (χ4n) is 9.14. The van der Waals surface area contributed by atoms with E-state index in [-0.39, 0.29) is 36.8 Å². The zero-order valence-corrected chi connectivity index (χ0v) is 37.0. The maximum atomic E-state index is 13.6. The van der Waals surface area contributed by atoms with Crippen molar-refractivity contribution in [3.05, 3.63) is 0 Å². The monoisotopic (exact) mass is 835 g/mol. The van der Waals surface area contributed by atoms with Crippen molar-refractivity contribution < 1.29 is 38.4 Å². The Kier molecular flexibility index (Phi) is 21.0. The molecule has 59 heavy (non-hydrogen) atoms. The second kappa shape index (κ2) is 24.6. The van der Waals surface area contributed by atoms with Gasteiger partial charge in [-0.1, -0.05) is 65.2 Å². The van der Waals surface area contributed by atoms with Gasteiger partial charge in [0.1, 0.15) is 24.2 Å². The quantitative estimate of drug-likeness (QED) is 0.0388. The lowest BCUT2D eigenvalue weighted by molar-refractivity contribution is -0.199. The highest BCUT2D eigenvalue weighted by atomic mass is 16.7. The van der Waals surface area contributed by atoms with Crippen LogP contribution in [0.2, 0.25) is 0 Å². The van der Waals surface area contributed by atoms with Gasteiger partial charge in [-0.2, -0.15) is 0 Å². The first-order valence-corrected chi connectivity index (χ1v) is 22.6. The van der Waals surface area contributed by atoms with Crippen molar-refractivity contribution in [1.29, 1.82) is 0 Å². The molecule has 0 aromatic carbocycles. The maximum Gasteiger partial charge on any atom is 0.481 e. The van der Waals surface area contributed by atoms with Gasteiger partial charge in [0.25, 0.3) is 0 Å². The van der Waals surface area contributed by atoms with Gasteiger partial charge in [0.2, 0.25) is 29.5 Å². The number of carbonyl (C=O) groups excluding carboxylic acids is 5. The highest BCUT2D eigenvalue weighted by molar-refractivity contribution is 6.47. The largest absolute Gasteiger partial charge is 0.481 e. The Balaban J connectivity index is 1.48. The summed E-state index contributed by atoms with van der Waals surface area (Å²) < 4.78 is 12.9. The van der Waals surface area contributed by atoms with Gasteiger partial charge in [-0.3, -0.25) is 24.0 Å². The average Bonchev–Trinajstić information content (AvgIpc) is 3.55. The molecule has 5 amide bonds. The van der Waals surface area contributed by atoms with E-state index < -0.39 is 72.6 Å². The molecule has 4 aliphatic rings. The van der Waals surface area contributed by atoms with Gasteiger partial charge in [-0.25, -0.2) is 0 Å². The van der Waals surface area contributed by atoms with Gasteiger partial charge in [0.15, 0.2) is 0 Å². The van der Waals surface area contributed by atoms with E-state index in [1.54, 1.807) is 0 Å². The predicted octanol–water partition coefficient (Wildman–Crippen LogP) is 1.83. The molecule has 0 aromatic rings. The minimum Gasteiger partial charge on any atom is -0.404 e. The van der Waals surface area contributed by atoms with E-state index >= 15 is 0 Å². The SMILES string of the molecule is C[C@H](NC(=O)[C@H](CCCCN)NC(=O)[C@H](C)NC(=O)[C@@H](NC(=O)[C@H](CCN)NC(=O)CCCCCCCCCCCCN)[C@@H](C)O)B1O[C@@H]2C[C@@H]3C[C@@H](C3(C)C)[C@]2(C)O1. The third kappa shape index (κ3) is 14.7. The molecule has 1 aliphatic heterocycles. The van der Waals surface area contributed by atoms with Crippen LogP contribution < -0.4 is 43.8 Å². The molecule has 0 spiro atoms. The van der Waals surface area contributed by atoms with Crippen molar-refractivity contribution in [1.82, 2.24) is 26.6 Å². The van der Waals surface area contributed by atoms with Crippen molar-refractivity contribution in [2.45, 2.75) is 199 Å². The van der Waals surface area contributed by atoms with Crippen LogP contribution in [0, 0.1) is 17.3 Å². The minimum absolute atomic E-state index is 0.0458. The van der Waals surface area contributed by atoms with Crippen molar-refractivity contribution in [3.63, 3.8) is 0 Å². The van der Waals surface area contributed by atoms with Crippen LogP contribution in [-0.2, 0) is 33.3 Å². The van der Waals surface area contributed by atoms with Crippen molar-refractivity contribution in [3.8, 4) is 0 Å². The van der Waals surface area contributed by atoms with Gasteiger partial charge in [0.05, 0.1) is 23.8 Å². The molecule has 17 heteroatoms. The van der Waals surface area contributed by atoms with Crippen LogP contribution >= 0.6 is 0 Å². The van der Waals surface area contributed by atoms with E-state index in [1.807, 2.05) is 6.92 Å². The molecule has 4 rings (SSSR count). The molecular formula is C42H79BN8O8. The highest BCUT2D eigenvalue weighted by Gasteiger charge is 2.68. The van der Waals surface area contributed by atoms with Crippen LogP contribution in [-0.4, -0.2) is 109 Å². The molecule has 1 saturated heterocycles. The summed E-state index contributed by atoms with van der Waals surface area (Å²) in [6.45, 7) is 12.6. The molecule has 0 aromatic heterocycles. The van der Waals surface area contributed by atoms with Crippen LogP contribution in [0.25, 0.3) is 0 Å². The van der Waals surface area contributed by atoms with Crippen LogP contribution in [0.4, 0.5) is 0 Å². The van der Waals surface area contributed by atoms with Crippen molar-refractivity contribution >= 4 is 36.7 Å². The summed E-state index contributed by atoms with van der Waals surface area (Å²) in [6, 6.07) is -4.52. The first-order chi connectivity index (χ1) is 28.0. The zero-order chi connectivity index (χ0) is 43.8. The molecule has 2 bridgehead atoms. The summed E-state index contributed by atoms with van der Waals surface area (Å²) in [5.74, 6) is -2.37. The molecule has 4 fully saturated rings. The van der Waals surface area contributed by atoms with E-state index in [0.29, 0.717) is 44.1 Å².